The second-order valence-electron chi connectivity index (χ2n) is 4.72. The lowest BCUT2D eigenvalue weighted by molar-refractivity contribution is -0.119. The summed E-state index contributed by atoms with van der Waals surface area (Å²) < 4.78 is 1.05. The number of nitrogens with zero attached hydrogens (tertiary/aromatic N) is 1. The molecule has 2 rings (SSSR count). The van der Waals surface area contributed by atoms with Gasteiger partial charge in [-0.1, -0.05) is 28.1 Å². The highest BCUT2D eigenvalue weighted by Gasteiger charge is 2.07. The minimum atomic E-state index is -0.154. The number of halogens is 1. The van der Waals surface area contributed by atoms with Crippen molar-refractivity contribution in [3.8, 4) is 0 Å². The zero-order chi connectivity index (χ0) is 15.9. The fourth-order valence-corrected chi connectivity index (χ4v) is 2.91. The van der Waals surface area contributed by atoms with Gasteiger partial charge in [0, 0.05) is 41.9 Å². The summed E-state index contributed by atoms with van der Waals surface area (Å²) in [5, 5.41) is 5.91. The first kappa shape index (κ1) is 16.6. The number of nitrogens with one attached hydrogen (secondary N) is 2. The second kappa shape index (κ2) is 8.05. The van der Waals surface area contributed by atoms with Gasteiger partial charge in [0.25, 0.3) is 0 Å². The van der Waals surface area contributed by atoms with E-state index in [1.54, 1.807) is 6.20 Å². The summed E-state index contributed by atoms with van der Waals surface area (Å²) in [5.41, 5.74) is 1.19. The van der Waals surface area contributed by atoms with Crippen molar-refractivity contribution in [2.24, 2.45) is 0 Å². The fourth-order valence-electron chi connectivity index (χ4n) is 1.78. The quantitative estimate of drug-likeness (QED) is 0.807. The number of carbonyl (C=O) groups excluding carboxylic acids is 2. The van der Waals surface area contributed by atoms with Crippen LogP contribution in [0, 0.1) is 0 Å². The number of amides is 2. The molecule has 0 radical (unpaired) electrons. The van der Waals surface area contributed by atoms with E-state index in [1.807, 2.05) is 12.1 Å². The van der Waals surface area contributed by atoms with Crippen LogP contribution >= 0.6 is 27.3 Å². The van der Waals surface area contributed by atoms with Crippen LogP contribution in [0.15, 0.2) is 34.9 Å². The van der Waals surface area contributed by atoms with E-state index >= 15 is 0 Å². The Morgan fingerprint density at radius 1 is 1.27 bits per heavy atom. The minimum Gasteiger partial charge on any atom is -0.356 e. The molecule has 0 fully saturated rings. The van der Waals surface area contributed by atoms with Crippen LogP contribution in [0.5, 0.6) is 0 Å². The molecule has 0 aliphatic heterocycles. The third kappa shape index (κ3) is 5.57. The first-order valence-corrected chi connectivity index (χ1v) is 8.37. The standard InChI is InChI=1S/C15H16BrN3O2S/c1-10(20)17-7-6-14(21)19-15-18-9-13(22-15)8-11-2-4-12(16)5-3-11/h2-5,9H,6-8H2,1H3,(H,17,20)(H,18,19,21). The van der Waals surface area contributed by atoms with E-state index in [1.165, 1.54) is 23.8 Å². The molecule has 1 heterocycles. The van der Waals surface area contributed by atoms with Crippen LogP contribution in [0.25, 0.3) is 0 Å². The number of anilines is 1. The second-order valence-corrected chi connectivity index (χ2v) is 6.75. The molecule has 2 N–H and O–H groups in total. The number of rotatable bonds is 6. The normalized spacial score (nSPS) is 10.3. The first-order valence-electron chi connectivity index (χ1n) is 6.76. The van der Waals surface area contributed by atoms with E-state index in [2.05, 4.69) is 43.7 Å². The summed E-state index contributed by atoms with van der Waals surface area (Å²) in [4.78, 5) is 27.7. The van der Waals surface area contributed by atoms with Crippen LogP contribution in [0.4, 0.5) is 5.13 Å². The Morgan fingerprint density at radius 3 is 2.68 bits per heavy atom. The van der Waals surface area contributed by atoms with Crippen molar-refractivity contribution in [2.75, 3.05) is 11.9 Å². The van der Waals surface area contributed by atoms with Gasteiger partial charge >= 0.3 is 0 Å². The van der Waals surface area contributed by atoms with Crippen molar-refractivity contribution >= 4 is 44.2 Å². The molecule has 0 bridgehead atoms. The molecular formula is C15H16BrN3O2S. The molecular weight excluding hydrogens is 366 g/mol. The van der Waals surface area contributed by atoms with Crippen LogP contribution in [0.1, 0.15) is 23.8 Å². The summed E-state index contributed by atoms with van der Waals surface area (Å²) >= 11 is 4.87. The zero-order valence-corrected chi connectivity index (χ0v) is 14.5. The molecule has 7 heteroatoms. The largest absolute Gasteiger partial charge is 0.356 e. The molecule has 0 saturated carbocycles. The van der Waals surface area contributed by atoms with Gasteiger partial charge in [0.15, 0.2) is 5.13 Å². The predicted molar refractivity (Wildman–Crippen MR) is 91.0 cm³/mol. The monoisotopic (exact) mass is 381 g/mol. The van der Waals surface area contributed by atoms with Crippen molar-refractivity contribution in [3.63, 3.8) is 0 Å². The molecule has 0 atom stereocenters. The Morgan fingerprint density at radius 2 is 2.00 bits per heavy atom. The smallest absolute Gasteiger partial charge is 0.227 e. The lowest BCUT2D eigenvalue weighted by Crippen LogP contribution is -2.25. The third-order valence-corrected chi connectivity index (χ3v) is 4.26. The maximum Gasteiger partial charge on any atom is 0.227 e. The van der Waals surface area contributed by atoms with Gasteiger partial charge in [0.2, 0.25) is 11.8 Å². The van der Waals surface area contributed by atoms with Crippen molar-refractivity contribution in [2.45, 2.75) is 19.8 Å². The Labute approximate surface area is 141 Å². The fraction of sp³-hybridized carbons (Fsp3) is 0.267. The molecule has 2 amide bonds. The van der Waals surface area contributed by atoms with E-state index in [4.69, 9.17) is 0 Å². The minimum absolute atomic E-state index is 0.140. The Hall–Kier alpha value is -1.73. The molecule has 0 aliphatic rings. The average molecular weight is 382 g/mol. The van der Waals surface area contributed by atoms with Gasteiger partial charge < -0.3 is 10.6 Å². The molecule has 0 saturated heterocycles. The van der Waals surface area contributed by atoms with Crippen molar-refractivity contribution in [3.05, 3.63) is 45.4 Å². The topological polar surface area (TPSA) is 71.1 Å². The van der Waals surface area contributed by atoms with Crippen LogP contribution < -0.4 is 10.6 Å². The molecule has 5 nitrogen and oxygen atoms in total. The first-order chi connectivity index (χ1) is 10.5. The molecule has 2 aromatic rings. The highest BCUT2D eigenvalue weighted by molar-refractivity contribution is 9.10. The van der Waals surface area contributed by atoms with Gasteiger partial charge in [-0.3, -0.25) is 9.59 Å². The number of aromatic nitrogens is 1. The zero-order valence-electron chi connectivity index (χ0n) is 12.1. The molecule has 116 valence electrons. The molecule has 1 aromatic carbocycles. The van der Waals surface area contributed by atoms with Crippen molar-refractivity contribution in [1.82, 2.24) is 10.3 Å². The summed E-state index contributed by atoms with van der Waals surface area (Å²) in [5.74, 6) is -0.294. The van der Waals surface area contributed by atoms with Gasteiger partial charge in [0.05, 0.1) is 0 Å². The maximum atomic E-state index is 11.7. The van der Waals surface area contributed by atoms with Crippen LogP contribution in [0.2, 0.25) is 0 Å². The van der Waals surface area contributed by atoms with Crippen LogP contribution in [-0.2, 0) is 16.0 Å². The highest BCUT2D eigenvalue weighted by atomic mass is 79.9. The van der Waals surface area contributed by atoms with Crippen molar-refractivity contribution in [1.29, 1.82) is 0 Å². The van der Waals surface area contributed by atoms with E-state index in [0.717, 1.165) is 15.8 Å². The Bertz CT molecular complexity index is 655. The van der Waals surface area contributed by atoms with E-state index in [9.17, 15) is 9.59 Å². The summed E-state index contributed by atoms with van der Waals surface area (Å²) in [7, 11) is 0. The van der Waals surface area contributed by atoms with Gasteiger partial charge in [-0.2, -0.15) is 0 Å². The number of carbonyl (C=O) groups is 2. The molecule has 22 heavy (non-hydrogen) atoms. The summed E-state index contributed by atoms with van der Waals surface area (Å²) in [6, 6.07) is 8.10. The SMILES string of the molecule is CC(=O)NCCC(=O)Nc1ncc(Cc2ccc(Br)cc2)s1. The lowest BCUT2D eigenvalue weighted by Gasteiger charge is -2.02. The Kier molecular flexibility index (Phi) is 6.09. The number of hydrogen-bond acceptors (Lipinski definition) is 4. The van der Waals surface area contributed by atoms with Crippen molar-refractivity contribution < 1.29 is 9.59 Å². The van der Waals surface area contributed by atoms with Gasteiger partial charge in [0.1, 0.15) is 0 Å². The maximum absolute atomic E-state index is 11.7. The van der Waals surface area contributed by atoms with E-state index in [-0.39, 0.29) is 18.2 Å². The number of benzene rings is 1. The van der Waals surface area contributed by atoms with Crippen LogP contribution in [-0.4, -0.2) is 23.3 Å². The Balaban J connectivity index is 1.84. The lowest BCUT2D eigenvalue weighted by atomic mass is 10.1. The number of hydrogen-bond donors (Lipinski definition) is 2. The highest BCUT2D eigenvalue weighted by Crippen LogP contribution is 2.22. The van der Waals surface area contributed by atoms with E-state index < -0.39 is 0 Å². The molecule has 0 spiro atoms. The predicted octanol–water partition coefficient (Wildman–Crippen LogP) is 2.96. The molecule has 1 aromatic heterocycles. The third-order valence-electron chi connectivity index (χ3n) is 2.82. The number of thiazole rings is 1. The summed E-state index contributed by atoms with van der Waals surface area (Å²) in [6.07, 6.45) is 2.80. The van der Waals surface area contributed by atoms with Crippen LogP contribution in [0.3, 0.4) is 0 Å². The average Bonchev–Trinajstić information content (AvgIpc) is 2.88. The van der Waals surface area contributed by atoms with Gasteiger partial charge in [-0.15, -0.1) is 11.3 Å². The summed E-state index contributed by atoms with van der Waals surface area (Å²) in [6.45, 7) is 1.76. The van der Waals surface area contributed by atoms with E-state index in [0.29, 0.717) is 11.7 Å². The molecule has 0 unspecified atom stereocenters. The van der Waals surface area contributed by atoms with Gasteiger partial charge in [-0.25, -0.2) is 4.98 Å². The molecule has 0 aliphatic carbocycles. The van der Waals surface area contributed by atoms with Gasteiger partial charge in [-0.05, 0) is 17.7 Å².